The lowest BCUT2D eigenvalue weighted by molar-refractivity contribution is -0.0233. The van der Waals surface area contributed by atoms with Gasteiger partial charge in [0, 0.05) is 5.92 Å². The molecule has 2 nitrogen and oxygen atoms in total. The maximum Gasteiger partial charge on any atom is 0.0985 e. The third kappa shape index (κ3) is 2.43. The van der Waals surface area contributed by atoms with Crippen LogP contribution in [-0.4, -0.2) is 15.8 Å². The minimum atomic E-state index is -0.900. The van der Waals surface area contributed by atoms with Crippen LogP contribution >= 0.6 is 0 Å². The van der Waals surface area contributed by atoms with Crippen molar-refractivity contribution in [1.82, 2.24) is 0 Å². The zero-order chi connectivity index (χ0) is 11.6. The average molecular weight is 210 g/mol. The Morgan fingerprint density at radius 1 is 1.33 bits per heavy atom. The van der Waals surface area contributed by atoms with Gasteiger partial charge in [-0.2, -0.15) is 0 Å². The van der Waals surface area contributed by atoms with Gasteiger partial charge in [0.1, 0.15) is 0 Å². The highest BCUT2D eigenvalue weighted by Gasteiger charge is 2.41. The smallest absolute Gasteiger partial charge is 0.0985 e. The van der Waals surface area contributed by atoms with Gasteiger partial charge in [-0.05, 0) is 24.3 Å². The van der Waals surface area contributed by atoms with Gasteiger partial charge >= 0.3 is 0 Å². The van der Waals surface area contributed by atoms with Crippen molar-refractivity contribution < 1.29 is 10.2 Å². The van der Waals surface area contributed by atoms with Gasteiger partial charge < -0.3 is 10.2 Å². The summed E-state index contributed by atoms with van der Waals surface area (Å²) in [6.07, 6.45) is 6.04. The normalized spacial score (nSPS) is 31.1. The summed E-state index contributed by atoms with van der Waals surface area (Å²) in [6, 6.07) is 0. The molecule has 0 spiro atoms. The number of aliphatic hydroxyl groups excluding tert-OH is 1. The molecule has 0 amide bonds. The summed E-state index contributed by atoms with van der Waals surface area (Å²) in [4.78, 5) is 0. The third-order valence-corrected chi connectivity index (χ3v) is 3.18. The lowest BCUT2D eigenvalue weighted by atomic mass is 9.72. The number of hydrogen-bond acceptors (Lipinski definition) is 2. The van der Waals surface area contributed by atoms with Gasteiger partial charge in [-0.25, -0.2) is 0 Å². The second-order valence-corrected chi connectivity index (χ2v) is 5.17. The van der Waals surface area contributed by atoms with Gasteiger partial charge in [-0.1, -0.05) is 39.8 Å². The first-order valence-corrected chi connectivity index (χ1v) is 5.68. The molecule has 0 heterocycles. The number of rotatable bonds is 3. The van der Waals surface area contributed by atoms with E-state index in [2.05, 4.69) is 13.8 Å². The van der Waals surface area contributed by atoms with Crippen LogP contribution in [0.25, 0.3) is 0 Å². The van der Waals surface area contributed by atoms with Gasteiger partial charge in [-0.15, -0.1) is 0 Å². The maximum atomic E-state index is 10.5. The third-order valence-electron chi connectivity index (χ3n) is 3.18. The lowest BCUT2D eigenvalue weighted by Gasteiger charge is -2.39. The molecule has 2 atom stereocenters. The number of hydrogen-bond donors (Lipinski definition) is 2. The fourth-order valence-electron chi connectivity index (χ4n) is 2.15. The Kier molecular flexibility index (Phi) is 3.61. The van der Waals surface area contributed by atoms with Crippen LogP contribution in [0.3, 0.4) is 0 Å². The van der Waals surface area contributed by atoms with Crippen molar-refractivity contribution in [2.75, 3.05) is 0 Å². The molecule has 0 fully saturated rings. The molecule has 1 aliphatic rings. The minimum absolute atomic E-state index is 0.105. The predicted molar refractivity (Wildman–Crippen MR) is 62.6 cm³/mol. The van der Waals surface area contributed by atoms with E-state index in [-0.39, 0.29) is 11.8 Å². The number of allylic oxidation sites excluding steroid dienone is 2. The molecule has 0 aliphatic heterocycles. The van der Waals surface area contributed by atoms with E-state index in [0.717, 1.165) is 6.42 Å². The van der Waals surface area contributed by atoms with Crippen molar-refractivity contribution in [3.05, 3.63) is 24.0 Å². The van der Waals surface area contributed by atoms with Gasteiger partial charge in [0.15, 0.2) is 0 Å². The highest BCUT2D eigenvalue weighted by Crippen LogP contribution is 2.38. The Balaban J connectivity index is 2.95. The zero-order valence-electron chi connectivity index (χ0n) is 10.1. The summed E-state index contributed by atoms with van der Waals surface area (Å²) in [5.41, 5.74) is -0.900. The molecule has 0 aromatic carbocycles. The molecule has 86 valence electrons. The van der Waals surface area contributed by atoms with Crippen LogP contribution in [0.15, 0.2) is 24.0 Å². The van der Waals surface area contributed by atoms with Crippen molar-refractivity contribution in [3.8, 4) is 0 Å². The average Bonchev–Trinajstić information content (AvgIpc) is 2.11. The molecule has 1 rings (SSSR count). The molecule has 0 saturated heterocycles. The maximum absolute atomic E-state index is 10.5. The van der Waals surface area contributed by atoms with Crippen LogP contribution in [-0.2, 0) is 0 Å². The molecule has 0 radical (unpaired) electrons. The van der Waals surface area contributed by atoms with E-state index in [1.54, 1.807) is 12.2 Å². The van der Waals surface area contributed by atoms with E-state index in [0.29, 0.717) is 11.7 Å². The van der Waals surface area contributed by atoms with Crippen LogP contribution < -0.4 is 0 Å². The summed E-state index contributed by atoms with van der Waals surface area (Å²) in [6.45, 7) is 8.17. The van der Waals surface area contributed by atoms with Gasteiger partial charge in [0.25, 0.3) is 0 Å². The minimum Gasteiger partial charge on any atom is -0.512 e. The zero-order valence-corrected chi connectivity index (χ0v) is 10.1. The topological polar surface area (TPSA) is 40.5 Å². The summed E-state index contributed by atoms with van der Waals surface area (Å²) < 4.78 is 0. The Bertz CT molecular complexity index is 276. The second-order valence-electron chi connectivity index (χ2n) is 5.17. The van der Waals surface area contributed by atoms with Crippen molar-refractivity contribution in [2.45, 2.75) is 39.7 Å². The van der Waals surface area contributed by atoms with E-state index in [4.69, 9.17) is 0 Å². The summed E-state index contributed by atoms with van der Waals surface area (Å²) in [5, 5.41) is 20.4. The van der Waals surface area contributed by atoms with Gasteiger partial charge in [0.2, 0.25) is 0 Å². The quantitative estimate of drug-likeness (QED) is 0.751. The predicted octanol–water partition coefficient (Wildman–Crippen LogP) is 3.05. The van der Waals surface area contributed by atoms with E-state index in [9.17, 15) is 10.2 Å². The monoisotopic (exact) mass is 210 g/mol. The molecular weight excluding hydrogens is 188 g/mol. The summed E-state index contributed by atoms with van der Waals surface area (Å²) in [7, 11) is 0. The van der Waals surface area contributed by atoms with E-state index < -0.39 is 5.60 Å². The first-order valence-electron chi connectivity index (χ1n) is 5.68. The van der Waals surface area contributed by atoms with Crippen molar-refractivity contribution in [3.63, 3.8) is 0 Å². The standard InChI is InChI=1S/C13H22O2/c1-9(2)8-11-12(14)6-5-7-13(11,15)10(3)4/h5-7,9-11,14-15H,8H2,1-4H3. The lowest BCUT2D eigenvalue weighted by Crippen LogP contribution is -2.44. The van der Waals surface area contributed by atoms with E-state index >= 15 is 0 Å². The van der Waals surface area contributed by atoms with Crippen LogP contribution in [0, 0.1) is 17.8 Å². The second kappa shape index (κ2) is 4.40. The highest BCUT2D eigenvalue weighted by molar-refractivity contribution is 5.25. The number of aliphatic hydroxyl groups is 2. The molecule has 1 aliphatic carbocycles. The molecule has 0 aromatic heterocycles. The van der Waals surface area contributed by atoms with Crippen LogP contribution in [0.2, 0.25) is 0 Å². The molecule has 15 heavy (non-hydrogen) atoms. The van der Waals surface area contributed by atoms with E-state index in [1.807, 2.05) is 19.9 Å². The van der Waals surface area contributed by atoms with Gasteiger partial charge in [-0.3, -0.25) is 0 Å². The highest BCUT2D eigenvalue weighted by atomic mass is 16.3. The molecular formula is C13H22O2. The molecule has 0 aromatic rings. The fourth-order valence-corrected chi connectivity index (χ4v) is 2.15. The largest absolute Gasteiger partial charge is 0.512 e. The molecule has 2 unspecified atom stereocenters. The molecule has 0 saturated carbocycles. The van der Waals surface area contributed by atoms with Crippen molar-refractivity contribution in [1.29, 1.82) is 0 Å². The fraction of sp³-hybridized carbons (Fsp3) is 0.692. The Labute approximate surface area is 92.3 Å². The van der Waals surface area contributed by atoms with Gasteiger partial charge in [0.05, 0.1) is 11.4 Å². The van der Waals surface area contributed by atoms with Crippen LogP contribution in [0.1, 0.15) is 34.1 Å². The van der Waals surface area contributed by atoms with Crippen LogP contribution in [0.4, 0.5) is 0 Å². The molecule has 2 heteroatoms. The SMILES string of the molecule is CC(C)CC1C(O)=CC=CC1(O)C(C)C. The van der Waals surface area contributed by atoms with Crippen LogP contribution in [0.5, 0.6) is 0 Å². The summed E-state index contributed by atoms with van der Waals surface area (Å²) in [5.74, 6) is 0.709. The molecule has 2 N–H and O–H groups in total. The molecule has 0 bridgehead atoms. The Hall–Kier alpha value is -0.760. The van der Waals surface area contributed by atoms with E-state index in [1.165, 1.54) is 0 Å². The Morgan fingerprint density at radius 2 is 1.93 bits per heavy atom. The first kappa shape index (κ1) is 12.3. The Morgan fingerprint density at radius 3 is 2.40 bits per heavy atom. The summed E-state index contributed by atoms with van der Waals surface area (Å²) >= 11 is 0. The van der Waals surface area contributed by atoms with Crippen molar-refractivity contribution in [2.24, 2.45) is 17.8 Å². The van der Waals surface area contributed by atoms with Crippen molar-refractivity contribution >= 4 is 0 Å². The first-order chi connectivity index (χ1) is 6.88.